The third-order valence-electron chi connectivity index (χ3n) is 3.84. The van der Waals surface area contributed by atoms with E-state index in [1.54, 1.807) is 0 Å². The standard InChI is InChI=1S/C15H27N3/c1-3-10-16-15(14-8-9-14)7-5-6-13-11-17-18(4-2)12-13/h11-12,14-16H,3-10H2,1-2H3. The first-order chi connectivity index (χ1) is 8.83. The molecule has 1 aromatic rings. The topological polar surface area (TPSA) is 29.9 Å². The van der Waals surface area contributed by atoms with Gasteiger partial charge in [0.05, 0.1) is 6.20 Å². The van der Waals surface area contributed by atoms with Crippen molar-refractivity contribution in [2.24, 2.45) is 5.92 Å². The van der Waals surface area contributed by atoms with Gasteiger partial charge in [0, 0.05) is 18.8 Å². The van der Waals surface area contributed by atoms with Crippen molar-refractivity contribution < 1.29 is 0 Å². The average Bonchev–Trinajstić information content (AvgIpc) is 3.13. The summed E-state index contributed by atoms with van der Waals surface area (Å²) < 4.78 is 2.02. The van der Waals surface area contributed by atoms with Gasteiger partial charge in [-0.05, 0) is 63.5 Å². The van der Waals surface area contributed by atoms with Gasteiger partial charge >= 0.3 is 0 Å². The lowest BCUT2D eigenvalue weighted by Gasteiger charge is -2.17. The molecule has 0 radical (unpaired) electrons. The number of hydrogen-bond acceptors (Lipinski definition) is 2. The smallest absolute Gasteiger partial charge is 0.0521 e. The monoisotopic (exact) mass is 249 g/mol. The molecule has 0 aliphatic heterocycles. The van der Waals surface area contributed by atoms with Crippen molar-refractivity contribution in [3.8, 4) is 0 Å². The lowest BCUT2D eigenvalue weighted by molar-refractivity contribution is 0.425. The molecule has 18 heavy (non-hydrogen) atoms. The number of aryl methyl sites for hydroxylation is 2. The van der Waals surface area contributed by atoms with Crippen LogP contribution in [0.3, 0.4) is 0 Å². The van der Waals surface area contributed by atoms with E-state index in [0.29, 0.717) is 0 Å². The Morgan fingerprint density at radius 2 is 2.28 bits per heavy atom. The normalized spacial score (nSPS) is 17.0. The van der Waals surface area contributed by atoms with Crippen LogP contribution in [0.25, 0.3) is 0 Å². The molecule has 1 unspecified atom stereocenters. The van der Waals surface area contributed by atoms with Crippen LogP contribution in [0.5, 0.6) is 0 Å². The number of nitrogens with one attached hydrogen (secondary N) is 1. The highest BCUT2D eigenvalue weighted by Crippen LogP contribution is 2.34. The molecule has 3 heteroatoms. The summed E-state index contributed by atoms with van der Waals surface area (Å²) in [5, 5.41) is 8.04. The predicted molar refractivity (Wildman–Crippen MR) is 75.6 cm³/mol. The molecule has 0 spiro atoms. The first-order valence-electron chi connectivity index (χ1n) is 7.58. The van der Waals surface area contributed by atoms with Gasteiger partial charge in [-0.25, -0.2) is 0 Å². The third kappa shape index (κ3) is 4.13. The quantitative estimate of drug-likeness (QED) is 0.729. The summed E-state index contributed by atoms with van der Waals surface area (Å²) in [7, 11) is 0. The Hall–Kier alpha value is -0.830. The molecule has 1 aromatic heterocycles. The first kappa shape index (κ1) is 13.6. The molecule has 1 atom stereocenters. The fourth-order valence-electron chi connectivity index (χ4n) is 2.57. The van der Waals surface area contributed by atoms with Crippen LogP contribution in [0.2, 0.25) is 0 Å². The lowest BCUT2D eigenvalue weighted by Crippen LogP contribution is -2.31. The second-order valence-corrected chi connectivity index (χ2v) is 5.49. The van der Waals surface area contributed by atoms with Crippen molar-refractivity contribution in [1.82, 2.24) is 15.1 Å². The van der Waals surface area contributed by atoms with Crippen LogP contribution in [0.4, 0.5) is 0 Å². The minimum Gasteiger partial charge on any atom is -0.314 e. The Bertz CT molecular complexity index is 341. The van der Waals surface area contributed by atoms with Gasteiger partial charge in [-0.3, -0.25) is 4.68 Å². The molecule has 1 saturated carbocycles. The summed E-state index contributed by atoms with van der Waals surface area (Å²) in [6.07, 6.45) is 12.1. The van der Waals surface area contributed by atoms with E-state index in [-0.39, 0.29) is 0 Å². The highest BCUT2D eigenvalue weighted by Gasteiger charge is 2.29. The minimum atomic E-state index is 0.770. The summed E-state index contributed by atoms with van der Waals surface area (Å²) in [6, 6.07) is 0.770. The first-order valence-corrected chi connectivity index (χ1v) is 7.58. The van der Waals surface area contributed by atoms with E-state index in [9.17, 15) is 0 Å². The van der Waals surface area contributed by atoms with Crippen molar-refractivity contribution in [3.63, 3.8) is 0 Å². The van der Waals surface area contributed by atoms with Crippen molar-refractivity contribution in [3.05, 3.63) is 18.0 Å². The lowest BCUT2D eigenvalue weighted by atomic mass is 10.0. The van der Waals surface area contributed by atoms with E-state index < -0.39 is 0 Å². The Balaban J connectivity index is 1.69. The van der Waals surface area contributed by atoms with Gasteiger partial charge in [-0.15, -0.1) is 0 Å². The zero-order valence-corrected chi connectivity index (χ0v) is 11.9. The average molecular weight is 249 g/mol. The van der Waals surface area contributed by atoms with Crippen LogP contribution in [0, 0.1) is 5.92 Å². The van der Waals surface area contributed by atoms with E-state index in [4.69, 9.17) is 0 Å². The highest BCUT2D eigenvalue weighted by molar-refractivity contribution is 5.04. The van der Waals surface area contributed by atoms with Crippen LogP contribution in [0.1, 0.15) is 51.5 Å². The molecular formula is C15H27N3. The summed E-state index contributed by atoms with van der Waals surface area (Å²) in [5.41, 5.74) is 1.39. The van der Waals surface area contributed by atoms with E-state index in [1.165, 1.54) is 50.6 Å². The Morgan fingerprint density at radius 1 is 1.44 bits per heavy atom. The fourth-order valence-corrected chi connectivity index (χ4v) is 2.57. The van der Waals surface area contributed by atoms with Crippen molar-refractivity contribution in [2.75, 3.05) is 6.54 Å². The van der Waals surface area contributed by atoms with E-state index in [0.717, 1.165) is 18.5 Å². The molecule has 1 aliphatic rings. The summed E-state index contributed by atoms with van der Waals surface area (Å²) in [4.78, 5) is 0. The van der Waals surface area contributed by atoms with E-state index in [2.05, 4.69) is 30.5 Å². The highest BCUT2D eigenvalue weighted by atomic mass is 15.3. The van der Waals surface area contributed by atoms with Crippen molar-refractivity contribution in [1.29, 1.82) is 0 Å². The largest absolute Gasteiger partial charge is 0.314 e. The van der Waals surface area contributed by atoms with Crippen LogP contribution in [0.15, 0.2) is 12.4 Å². The SMILES string of the molecule is CCCNC(CCCc1cnn(CC)c1)C1CC1. The molecule has 0 bridgehead atoms. The zero-order chi connectivity index (χ0) is 12.8. The molecule has 102 valence electrons. The third-order valence-corrected chi connectivity index (χ3v) is 3.84. The predicted octanol–water partition coefficient (Wildman–Crippen LogP) is 3.00. The van der Waals surface area contributed by atoms with Crippen LogP contribution in [-0.4, -0.2) is 22.4 Å². The van der Waals surface area contributed by atoms with Crippen LogP contribution >= 0.6 is 0 Å². The van der Waals surface area contributed by atoms with Crippen LogP contribution in [-0.2, 0) is 13.0 Å². The molecule has 1 heterocycles. The van der Waals surface area contributed by atoms with Gasteiger partial charge in [-0.1, -0.05) is 6.92 Å². The molecule has 2 rings (SSSR count). The molecule has 3 nitrogen and oxygen atoms in total. The maximum absolute atomic E-state index is 4.33. The van der Waals surface area contributed by atoms with Crippen molar-refractivity contribution >= 4 is 0 Å². The van der Waals surface area contributed by atoms with Gasteiger partial charge < -0.3 is 5.32 Å². The molecule has 1 N–H and O–H groups in total. The maximum Gasteiger partial charge on any atom is 0.0521 e. The Kier molecular flexibility index (Phi) is 5.24. The van der Waals surface area contributed by atoms with E-state index in [1.807, 2.05) is 10.9 Å². The summed E-state index contributed by atoms with van der Waals surface area (Å²) >= 11 is 0. The molecule has 0 amide bonds. The van der Waals surface area contributed by atoms with Gasteiger partial charge in [0.15, 0.2) is 0 Å². The van der Waals surface area contributed by atoms with Crippen molar-refractivity contribution in [2.45, 2.75) is 65.0 Å². The number of aromatic nitrogens is 2. The number of rotatable bonds is 9. The van der Waals surface area contributed by atoms with Gasteiger partial charge in [0.25, 0.3) is 0 Å². The summed E-state index contributed by atoms with van der Waals surface area (Å²) in [5.74, 6) is 0.968. The fraction of sp³-hybridized carbons (Fsp3) is 0.800. The maximum atomic E-state index is 4.33. The zero-order valence-electron chi connectivity index (χ0n) is 11.9. The second-order valence-electron chi connectivity index (χ2n) is 5.49. The van der Waals surface area contributed by atoms with E-state index >= 15 is 0 Å². The van der Waals surface area contributed by atoms with Crippen LogP contribution < -0.4 is 5.32 Å². The minimum absolute atomic E-state index is 0.770. The summed E-state index contributed by atoms with van der Waals surface area (Å²) in [6.45, 7) is 6.53. The Labute approximate surface area is 111 Å². The molecule has 1 aliphatic carbocycles. The number of hydrogen-bond donors (Lipinski definition) is 1. The molecule has 0 saturated heterocycles. The molecule has 1 fully saturated rings. The second kappa shape index (κ2) is 6.93. The Morgan fingerprint density at radius 3 is 2.89 bits per heavy atom. The van der Waals surface area contributed by atoms with Gasteiger partial charge in [-0.2, -0.15) is 5.10 Å². The van der Waals surface area contributed by atoms with Gasteiger partial charge in [0.2, 0.25) is 0 Å². The number of nitrogens with zero attached hydrogens (tertiary/aromatic N) is 2. The molecule has 0 aromatic carbocycles. The molecular weight excluding hydrogens is 222 g/mol. The van der Waals surface area contributed by atoms with Gasteiger partial charge in [0.1, 0.15) is 0 Å².